The van der Waals surface area contributed by atoms with Crippen LogP contribution in [0.3, 0.4) is 0 Å². The Morgan fingerprint density at radius 2 is 1.80 bits per heavy atom. The zero-order valence-corrected chi connectivity index (χ0v) is 20.6. The van der Waals surface area contributed by atoms with Crippen molar-refractivity contribution in [2.24, 2.45) is 0 Å². The van der Waals surface area contributed by atoms with Crippen molar-refractivity contribution in [1.29, 1.82) is 0 Å². The second kappa shape index (κ2) is 9.62. The van der Waals surface area contributed by atoms with Gasteiger partial charge in [0.25, 0.3) is 0 Å². The highest BCUT2D eigenvalue weighted by molar-refractivity contribution is 6.43. The highest BCUT2D eigenvalue weighted by Gasteiger charge is 2.12. The number of hydrogen-bond donors (Lipinski definition) is 1. The van der Waals surface area contributed by atoms with Crippen LogP contribution in [0.4, 0.5) is 5.69 Å². The molecule has 5 aromatic rings. The Bertz CT molecular complexity index is 1600. The fourth-order valence-electron chi connectivity index (χ4n) is 3.48. The number of fused-ring (bicyclic) bond motifs is 1. The predicted octanol–water partition coefficient (Wildman–Crippen LogP) is 8.68. The van der Waals surface area contributed by atoms with Crippen molar-refractivity contribution < 1.29 is 13.6 Å². The molecule has 0 bridgehead atoms. The molecule has 8 heteroatoms. The average Bonchev–Trinajstić information content (AvgIpc) is 3.48. The Hall–Kier alpha value is -3.51. The molecule has 2 heterocycles. The third-order valence-electron chi connectivity index (χ3n) is 5.32. The molecule has 174 valence electrons. The molecule has 0 spiro atoms. The summed E-state index contributed by atoms with van der Waals surface area (Å²) in [4.78, 5) is 17.0. The van der Waals surface area contributed by atoms with E-state index in [1.807, 2.05) is 31.2 Å². The SMILES string of the molecule is Cc1ccc(-c2nc3cc(NC(=O)C=Cc4ccc(-c5cccc(Cl)c5Cl)o4)ccc3o2)cc1Cl. The maximum atomic E-state index is 12.5. The van der Waals surface area contributed by atoms with Crippen LogP contribution in [0.5, 0.6) is 0 Å². The summed E-state index contributed by atoms with van der Waals surface area (Å²) in [5.74, 6) is 1.19. The summed E-state index contributed by atoms with van der Waals surface area (Å²) in [5, 5.41) is 4.31. The number of aryl methyl sites for hydroxylation is 1. The molecule has 0 radical (unpaired) electrons. The van der Waals surface area contributed by atoms with Crippen LogP contribution >= 0.6 is 34.8 Å². The van der Waals surface area contributed by atoms with E-state index in [1.54, 1.807) is 48.5 Å². The van der Waals surface area contributed by atoms with E-state index in [-0.39, 0.29) is 5.91 Å². The topological polar surface area (TPSA) is 68.3 Å². The van der Waals surface area contributed by atoms with Crippen LogP contribution in [0.15, 0.2) is 81.6 Å². The molecular formula is C27H17Cl3N2O3. The fourth-order valence-corrected chi connectivity index (χ4v) is 4.05. The highest BCUT2D eigenvalue weighted by Crippen LogP contribution is 2.34. The highest BCUT2D eigenvalue weighted by atomic mass is 35.5. The summed E-state index contributed by atoms with van der Waals surface area (Å²) in [6, 6.07) is 19.7. The number of nitrogens with one attached hydrogen (secondary N) is 1. The molecule has 5 rings (SSSR count). The normalized spacial score (nSPS) is 11.4. The van der Waals surface area contributed by atoms with Gasteiger partial charge in [-0.1, -0.05) is 46.9 Å². The number of halogens is 3. The van der Waals surface area contributed by atoms with Gasteiger partial charge >= 0.3 is 0 Å². The molecule has 0 unspecified atom stereocenters. The summed E-state index contributed by atoms with van der Waals surface area (Å²) in [6.07, 6.45) is 2.96. The first-order chi connectivity index (χ1) is 16.9. The first kappa shape index (κ1) is 23.2. The van der Waals surface area contributed by atoms with Gasteiger partial charge in [0.2, 0.25) is 11.8 Å². The first-order valence-electron chi connectivity index (χ1n) is 10.6. The molecule has 0 fully saturated rings. The van der Waals surface area contributed by atoms with Crippen LogP contribution in [-0.2, 0) is 4.79 Å². The molecule has 0 aliphatic heterocycles. The van der Waals surface area contributed by atoms with Crippen LogP contribution in [0.25, 0.3) is 40.0 Å². The van der Waals surface area contributed by atoms with Gasteiger partial charge in [-0.25, -0.2) is 4.98 Å². The van der Waals surface area contributed by atoms with Crippen LogP contribution in [0, 0.1) is 6.92 Å². The zero-order valence-electron chi connectivity index (χ0n) is 18.3. The molecule has 0 saturated heterocycles. The number of oxazole rings is 1. The third kappa shape index (κ3) is 4.98. The number of anilines is 1. The summed E-state index contributed by atoms with van der Waals surface area (Å²) in [5.41, 5.74) is 4.24. The van der Waals surface area contributed by atoms with E-state index in [9.17, 15) is 4.79 Å². The first-order valence-corrected chi connectivity index (χ1v) is 11.7. The number of nitrogens with zero attached hydrogens (tertiary/aromatic N) is 1. The fraction of sp³-hybridized carbons (Fsp3) is 0.0370. The van der Waals surface area contributed by atoms with E-state index in [0.717, 1.165) is 11.1 Å². The van der Waals surface area contributed by atoms with Crippen molar-refractivity contribution in [2.75, 3.05) is 5.32 Å². The molecule has 1 N–H and O–H groups in total. The number of aromatic nitrogens is 1. The molecular weight excluding hydrogens is 507 g/mol. The maximum Gasteiger partial charge on any atom is 0.248 e. The maximum absolute atomic E-state index is 12.5. The van der Waals surface area contributed by atoms with E-state index in [0.29, 0.717) is 54.8 Å². The van der Waals surface area contributed by atoms with E-state index in [4.69, 9.17) is 43.6 Å². The van der Waals surface area contributed by atoms with Crippen LogP contribution in [-0.4, -0.2) is 10.9 Å². The third-order valence-corrected chi connectivity index (χ3v) is 6.54. The van der Waals surface area contributed by atoms with Gasteiger partial charge in [0.1, 0.15) is 17.0 Å². The van der Waals surface area contributed by atoms with Gasteiger partial charge in [0.15, 0.2) is 5.58 Å². The quantitative estimate of drug-likeness (QED) is 0.234. The smallest absolute Gasteiger partial charge is 0.248 e. The van der Waals surface area contributed by atoms with E-state index in [2.05, 4.69) is 10.3 Å². The Balaban J connectivity index is 1.29. The molecule has 0 aliphatic carbocycles. The minimum absolute atomic E-state index is 0.322. The summed E-state index contributed by atoms with van der Waals surface area (Å²) in [7, 11) is 0. The molecule has 1 amide bonds. The second-order valence-corrected chi connectivity index (χ2v) is 8.98. The van der Waals surface area contributed by atoms with E-state index < -0.39 is 0 Å². The summed E-state index contributed by atoms with van der Waals surface area (Å²) >= 11 is 18.6. The van der Waals surface area contributed by atoms with Gasteiger partial charge in [-0.15, -0.1) is 0 Å². The summed E-state index contributed by atoms with van der Waals surface area (Å²) < 4.78 is 11.6. The van der Waals surface area contributed by atoms with Gasteiger partial charge < -0.3 is 14.2 Å². The van der Waals surface area contributed by atoms with Crippen molar-refractivity contribution in [3.63, 3.8) is 0 Å². The molecule has 3 aromatic carbocycles. The van der Waals surface area contributed by atoms with Crippen molar-refractivity contribution >= 4 is 63.6 Å². The molecule has 0 aliphatic rings. The predicted molar refractivity (Wildman–Crippen MR) is 141 cm³/mol. The largest absolute Gasteiger partial charge is 0.457 e. The van der Waals surface area contributed by atoms with Gasteiger partial charge in [-0.3, -0.25) is 4.79 Å². The van der Waals surface area contributed by atoms with Gasteiger partial charge in [-0.05, 0) is 73.2 Å². The number of furan rings is 1. The van der Waals surface area contributed by atoms with Crippen molar-refractivity contribution in [3.05, 3.63) is 99.2 Å². The van der Waals surface area contributed by atoms with Gasteiger partial charge in [0, 0.05) is 27.9 Å². The van der Waals surface area contributed by atoms with Crippen molar-refractivity contribution in [3.8, 4) is 22.8 Å². The number of carbonyl (C=O) groups excluding carboxylic acids is 1. The molecule has 0 atom stereocenters. The monoisotopic (exact) mass is 522 g/mol. The number of benzene rings is 3. The number of rotatable bonds is 5. The summed E-state index contributed by atoms with van der Waals surface area (Å²) in [6.45, 7) is 1.93. The Morgan fingerprint density at radius 3 is 2.63 bits per heavy atom. The lowest BCUT2D eigenvalue weighted by Gasteiger charge is -2.02. The van der Waals surface area contributed by atoms with Crippen LogP contribution in [0.2, 0.25) is 15.1 Å². The minimum atomic E-state index is -0.322. The van der Waals surface area contributed by atoms with E-state index in [1.165, 1.54) is 6.08 Å². The lowest BCUT2D eigenvalue weighted by atomic mass is 10.1. The van der Waals surface area contributed by atoms with Crippen molar-refractivity contribution in [2.45, 2.75) is 6.92 Å². The molecule has 0 saturated carbocycles. The molecule has 5 nitrogen and oxygen atoms in total. The zero-order chi connectivity index (χ0) is 24.5. The lowest BCUT2D eigenvalue weighted by Crippen LogP contribution is -2.07. The second-order valence-electron chi connectivity index (χ2n) is 7.79. The Labute approximate surface area is 215 Å². The molecule has 35 heavy (non-hydrogen) atoms. The van der Waals surface area contributed by atoms with Gasteiger partial charge in [0.05, 0.1) is 10.0 Å². The standard InChI is InChI=1S/C27H17Cl3N2O3/c1-15-5-6-16(13-21(15)29)27-32-22-14-17(7-10-24(22)35-27)31-25(33)12-9-18-8-11-23(34-18)19-3-2-4-20(28)26(19)30/h2-14H,1H3,(H,31,33). The molecule has 2 aromatic heterocycles. The van der Waals surface area contributed by atoms with Crippen LogP contribution < -0.4 is 5.32 Å². The minimum Gasteiger partial charge on any atom is -0.457 e. The number of carbonyl (C=O) groups is 1. The number of hydrogen-bond acceptors (Lipinski definition) is 4. The Kier molecular flexibility index (Phi) is 6.39. The average molecular weight is 524 g/mol. The van der Waals surface area contributed by atoms with Crippen LogP contribution in [0.1, 0.15) is 11.3 Å². The van der Waals surface area contributed by atoms with Gasteiger partial charge in [-0.2, -0.15) is 0 Å². The van der Waals surface area contributed by atoms with Crippen molar-refractivity contribution in [1.82, 2.24) is 4.98 Å². The lowest BCUT2D eigenvalue weighted by molar-refractivity contribution is -0.111. The number of amides is 1. The Morgan fingerprint density at radius 1 is 0.943 bits per heavy atom. The van der Waals surface area contributed by atoms with E-state index >= 15 is 0 Å².